The van der Waals surface area contributed by atoms with Crippen LogP contribution in [-0.2, 0) is 13.0 Å². The number of hydrogen-bond acceptors (Lipinski definition) is 3. The van der Waals surface area contributed by atoms with E-state index in [4.69, 9.17) is 17.3 Å². The Morgan fingerprint density at radius 1 is 0.963 bits per heavy atom. The van der Waals surface area contributed by atoms with E-state index in [9.17, 15) is 0 Å². The molecule has 0 fully saturated rings. The van der Waals surface area contributed by atoms with Gasteiger partial charge < -0.3 is 5.73 Å². The quantitative estimate of drug-likeness (QED) is 0.530. The zero-order chi connectivity index (χ0) is 18.6. The molecular formula is C22H21ClN4. The molecule has 2 N–H and O–H groups in total. The average molecular weight is 377 g/mol. The maximum Gasteiger partial charge on any atom is 0.0568 e. The number of fused-ring (bicyclic) bond motifs is 1. The monoisotopic (exact) mass is 376 g/mol. The van der Waals surface area contributed by atoms with Crippen LogP contribution in [0, 0.1) is 0 Å². The number of rotatable bonds is 6. The summed E-state index contributed by atoms with van der Waals surface area (Å²) in [5.74, 6) is 0. The summed E-state index contributed by atoms with van der Waals surface area (Å²) in [7, 11) is 0. The second-order valence-corrected chi connectivity index (χ2v) is 7.25. The molecule has 0 spiro atoms. The highest BCUT2D eigenvalue weighted by Gasteiger charge is 2.07. The lowest BCUT2D eigenvalue weighted by molar-refractivity contribution is 0.507. The van der Waals surface area contributed by atoms with Gasteiger partial charge in [0.2, 0.25) is 0 Å². The minimum Gasteiger partial charge on any atom is -0.327 e. The van der Waals surface area contributed by atoms with Gasteiger partial charge in [0.05, 0.1) is 6.20 Å². The fourth-order valence-corrected chi connectivity index (χ4v) is 3.35. The molecule has 4 nitrogen and oxygen atoms in total. The second-order valence-electron chi connectivity index (χ2n) is 6.81. The molecule has 0 saturated carbocycles. The molecule has 0 aliphatic rings. The zero-order valence-electron chi connectivity index (χ0n) is 14.9. The molecule has 4 rings (SSSR count). The molecule has 0 bridgehead atoms. The van der Waals surface area contributed by atoms with Gasteiger partial charge in [0.15, 0.2) is 0 Å². The molecule has 0 aliphatic carbocycles. The summed E-state index contributed by atoms with van der Waals surface area (Å²) in [6.45, 7) is 0.798. The maximum absolute atomic E-state index is 6.29. The van der Waals surface area contributed by atoms with Crippen molar-refractivity contribution in [3.05, 3.63) is 83.9 Å². The Labute approximate surface area is 163 Å². The van der Waals surface area contributed by atoms with E-state index in [-0.39, 0.29) is 6.04 Å². The van der Waals surface area contributed by atoms with Crippen LogP contribution in [0.4, 0.5) is 0 Å². The predicted octanol–water partition coefficient (Wildman–Crippen LogP) is 4.71. The molecule has 1 atom stereocenters. The van der Waals surface area contributed by atoms with Gasteiger partial charge in [0, 0.05) is 47.1 Å². The lowest BCUT2D eigenvalue weighted by atomic mass is 10.0. The zero-order valence-corrected chi connectivity index (χ0v) is 15.7. The van der Waals surface area contributed by atoms with Gasteiger partial charge in [-0.3, -0.25) is 9.67 Å². The van der Waals surface area contributed by atoms with Gasteiger partial charge in [-0.05, 0) is 53.6 Å². The molecule has 0 radical (unpaired) electrons. The second kappa shape index (κ2) is 7.91. The Morgan fingerprint density at radius 2 is 1.81 bits per heavy atom. The maximum atomic E-state index is 6.29. The van der Waals surface area contributed by atoms with E-state index in [1.54, 1.807) is 0 Å². The van der Waals surface area contributed by atoms with Crippen LogP contribution in [0.2, 0.25) is 5.02 Å². The van der Waals surface area contributed by atoms with Crippen molar-refractivity contribution in [3.8, 4) is 11.1 Å². The molecule has 2 heterocycles. The number of pyridine rings is 1. The van der Waals surface area contributed by atoms with E-state index >= 15 is 0 Å². The molecule has 0 aliphatic heterocycles. The van der Waals surface area contributed by atoms with Crippen molar-refractivity contribution in [2.45, 2.75) is 25.4 Å². The smallest absolute Gasteiger partial charge is 0.0568 e. The van der Waals surface area contributed by atoms with E-state index in [1.807, 2.05) is 53.6 Å². The van der Waals surface area contributed by atoms with Crippen LogP contribution in [0.5, 0.6) is 0 Å². The molecule has 2 aromatic carbocycles. The number of benzene rings is 2. The van der Waals surface area contributed by atoms with Crippen molar-refractivity contribution in [2.24, 2.45) is 5.73 Å². The third kappa shape index (κ3) is 4.35. The van der Waals surface area contributed by atoms with Crippen LogP contribution in [0.1, 0.15) is 12.0 Å². The minimum atomic E-state index is 0.0898. The summed E-state index contributed by atoms with van der Waals surface area (Å²) in [5, 5.41) is 7.57. The van der Waals surface area contributed by atoms with Crippen molar-refractivity contribution >= 4 is 22.4 Å². The van der Waals surface area contributed by atoms with Gasteiger partial charge in [-0.25, -0.2) is 0 Å². The van der Waals surface area contributed by atoms with Gasteiger partial charge in [0.1, 0.15) is 0 Å². The molecule has 5 heteroatoms. The summed E-state index contributed by atoms with van der Waals surface area (Å²) in [6, 6.07) is 16.4. The number of nitrogens with two attached hydrogens (primary N) is 1. The molecule has 2 aromatic heterocycles. The largest absolute Gasteiger partial charge is 0.327 e. The molecule has 4 aromatic rings. The van der Waals surface area contributed by atoms with Gasteiger partial charge >= 0.3 is 0 Å². The van der Waals surface area contributed by atoms with E-state index in [0.717, 1.165) is 40.9 Å². The first-order chi connectivity index (χ1) is 13.2. The number of aryl methyl sites for hydroxylation is 1. The van der Waals surface area contributed by atoms with Gasteiger partial charge in [-0.2, -0.15) is 5.10 Å². The summed E-state index contributed by atoms with van der Waals surface area (Å²) in [6.07, 6.45) is 9.39. The number of halogens is 1. The summed E-state index contributed by atoms with van der Waals surface area (Å²) < 4.78 is 1.97. The topological polar surface area (TPSA) is 56.7 Å². The van der Waals surface area contributed by atoms with E-state index in [1.165, 1.54) is 10.9 Å². The molecular weight excluding hydrogens is 356 g/mol. The number of nitrogens with zero attached hydrogens (tertiary/aromatic N) is 3. The normalized spacial score (nSPS) is 12.4. The Bertz CT molecular complexity index is 1040. The van der Waals surface area contributed by atoms with Gasteiger partial charge in [-0.15, -0.1) is 0 Å². The number of aromatic nitrogens is 3. The lowest BCUT2D eigenvalue weighted by Crippen LogP contribution is -2.24. The first-order valence-corrected chi connectivity index (χ1v) is 9.42. The van der Waals surface area contributed by atoms with E-state index in [0.29, 0.717) is 0 Å². The van der Waals surface area contributed by atoms with Crippen LogP contribution in [0.25, 0.3) is 21.9 Å². The highest BCUT2D eigenvalue weighted by atomic mass is 35.5. The van der Waals surface area contributed by atoms with Gasteiger partial charge in [0.25, 0.3) is 0 Å². The highest BCUT2D eigenvalue weighted by molar-refractivity contribution is 6.30. The highest BCUT2D eigenvalue weighted by Crippen LogP contribution is 2.23. The third-order valence-electron chi connectivity index (χ3n) is 4.75. The summed E-state index contributed by atoms with van der Waals surface area (Å²) in [5.41, 5.74) is 9.77. The Morgan fingerprint density at radius 3 is 2.67 bits per heavy atom. The first kappa shape index (κ1) is 17.7. The fourth-order valence-electron chi connectivity index (χ4n) is 3.22. The van der Waals surface area contributed by atoms with Crippen molar-refractivity contribution < 1.29 is 0 Å². The Kier molecular flexibility index (Phi) is 5.19. The van der Waals surface area contributed by atoms with Crippen LogP contribution < -0.4 is 5.73 Å². The standard InChI is InChI=1S/C22H21ClN4/c23-21-5-1-16(2-6-21)11-22(24)8-10-27-15-20(14-26-27)17-3-4-19-13-25-9-7-18(19)12-17/h1-7,9,12-15,22H,8,10-11,24H2/t22-/m1/s1. The first-order valence-electron chi connectivity index (χ1n) is 9.04. The predicted molar refractivity (Wildman–Crippen MR) is 111 cm³/mol. The van der Waals surface area contributed by atoms with Crippen molar-refractivity contribution in [1.82, 2.24) is 14.8 Å². The van der Waals surface area contributed by atoms with E-state index < -0.39 is 0 Å². The summed E-state index contributed by atoms with van der Waals surface area (Å²) in [4.78, 5) is 4.16. The fraction of sp³-hybridized carbons (Fsp3) is 0.182. The Hall–Kier alpha value is -2.69. The minimum absolute atomic E-state index is 0.0898. The lowest BCUT2D eigenvalue weighted by Gasteiger charge is -2.11. The Balaban J connectivity index is 1.39. The van der Waals surface area contributed by atoms with Crippen molar-refractivity contribution in [1.29, 1.82) is 0 Å². The summed E-state index contributed by atoms with van der Waals surface area (Å²) >= 11 is 5.93. The van der Waals surface area contributed by atoms with Crippen LogP contribution >= 0.6 is 11.6 Å². The van der Waals surface area contributed by atoms with E-state index in [2.05, 4.69) is 34.5 Å². The number of hydrogen-bond donors (Lipinski definition) is 1. The third-order valence-corrected chi connectivity index (χ3v) is 5.00. The van der Waals surface area contributed by atoms with Crippen LogP contribution in [0.15, 0.2) is 73.3 Å². The molecule has 136 valence electrons. The van der Waals surface area contributed by atoms with Crippen molar-refractivity contribution in [3.63, 3.8) is 0 Å². The molecule has 27 heavy (non-hydrogen) atoms. The van der Waals surface area contributed by atoms with Crippen LogP contribution in [0.3, 0.4) is 0 Å². The molecule has 0 saturated heterocycles. The van der Waals surface area contributed by atoms with Crippen molar-refractivity contribution in [2.75, 3.05) is 0 Å². The molecule has 0 unspecified atom stereocenters. The van der Waals surface area contributed by atoms with Gasteiger partial charge in [-0.1, -0.05) is 35.9 Å². The average Bonchev–Trinajstić information content (AvgIpc) is 3.17. The molecule has 0 amide bonds. The van der Waals surface area contributed by atoms with Crippen LogP contribution in [-0.4, -0.2) is 20.8 Å². The SMILES string of the molecule is N[C@H](CCn1cc(-c2ccc3cnccc3c2)cn1)Cc1ccc(Cl)cc1.